The Morgan fingerprint density at radius 2 is 1.73 bits per heavy atom. The lowest BCUT2D eigenvalue weighted by Gasteiger charge is -2.37. The molecule has 5 heteroatoms. The monoisotopic (exact) mass is 365 g/mol. The van der Waals surface area contributed by atoms with Crippen molar-refractivity contribution in [3.8, 4) is 0 Å². The van der Waals surface area contributed by atoms with Crippen molar-refractivity contribution in [1.29, 1.82) is 0 Å². The first-order valence-corrected chi connectivity index (χ1v) is 8.60. The van der Waals surface area contributed by atoms with E-state index in [1.807, 2.05) is 24.3 Å². The SMILES string of the molecule is O=C(O)C1CC(NC(=O)C2(c3ccc(Br)cc3)CCCC2)C1. The van der Waals surface area contributed by atoms with E-state index < -0.39 is 11.4 Å². The van der Waals surface area contributed by atoms with Gasteiger partial charge < -0.3 is 10.4 Å². The van der Waals surface area contributed by atoms with Gasteiger partial charge in [-0.05, 0) is 43.4 Å². The molecule has 0 aliphatic heterocycles. The van der Waals surface area contributed by atoms with Crippen molar-refractivity contribution in [2.24, 2.45) is 5.92 Å². The summed E-state index contributed by atoms with van der Waals surface area (Å²) in [5.41, 5.74) is 0.634. The number of amides is 1. The molecule has 2 N–H and O–H groups in total. The van der Waals surface area contributed by atoms with Gasteiger partial charge in [-0.15, -0.1) is 0 Å². The molecule has 0 bridgehead atoms. The van der Waals surface area contributed by atoms with Crippen LogP contribution in [0.2, 0.25) is 0 Å². The number of carboxylic acid groups (broad SMARTS) is 1. The largest absolute Gasteiger partial charge is 0.481 e. The number of carboxylic acids is 1. The molecule has 4 nitrogen and oxygen atoms in total. The lowest BCUT2D eigenvalue weighted by Crippen LogP contribution is -2.52. The number of benzene rings is 1. The predicted molar refractivity (Wildman–Crippen MR) is 86.6 cm³/mol. The van der Waals surface area contributed by atoms with Crippen molar-refractivity contribution in [2.45, 2.75) is 50.0 Å². The summed E-state index contributed by atoms with van der Waals surface area (Å²) in [7, 11) is 0. The summed E-state index contributed by atoms with van der Waals surface area (Å²) in [5, 5.41) is 12.0. The third-order valence-electron chi connectivity index (χ3n) is 5.11. The van der Waals surface area contributed by atoms with E-state index in [2.05, 4.69) is 21.2 Å². The Balaban J connectivity index is 1.72. The van der Waals surface area contributed by atoms with Gasteiger partial charge in [-0.2, -0.15) is 0 Å². The van der Waals surface area contributed by atoms with Gasteiger partial charge in [0.05, 0.1) is 11.3 Å². The van der Waals surface area contributed by atoms with Crippen LogP contribution in [-0.2, 0) is 15.0 Å². The van der Waals surface area contributed by atoms with Crippen LogP contribution >= 0.6 is 15.9 Å². The van der Waals surface area contributed by atoms with E-state index in [1.54, 1.807) is 0 Å². The molecule has 22 heavy (non-hydrogen) atoms. The number of nitrogens with one attached hydrogen (secondary N) is 1. The quantitative estimate of drug-likeness (QED) is 0.860. The van der Waals surface area contributed by atoms with Crippen molar-refractivity contribution >= 4 is 27.8 Å². The summed E-state index contributed by atoms with van der Waals surface area (Å²) in [6.07, 6.45) is 4.97. The smallest absolute Gasteiger partial charge is 0.306 e. The lowest BCUT2D eigenvalue weighted by molar-refractivity contribution is -0.146. The highest BCUT2D eigenvalue weighted by molar-refractivity contribution is 9.10. The Kier molecular flexibility index (Phi) is 4.26. The predicted octanol–water partition coefficient (Wildman–Crippen LogP) is 3.24. The minimum absolute atomic E-state index is 0.0153. The maximum absolute atomic E-state index is 12.9. The molecule has 0 radical (unpaired) electrons. The summed E-state index contributed by atoms with van der Waals surface area (Å²) >= 11 is 3.43. The fourth-order valence-electron chi connectivity index (χ4n) is 3.66. The third kappa shape index (κ3) is 2.78. The zero-order valence-corrected chi connectivity index (χ0v) is 13.9. The fourth-order valence-corrected chi connectivity index (χ4v) is 3.92. The van der Waals surface area contributed by atoms with E-state index in [0.29, 0.717) is 12.8 Å². The summed E-state index contributed by atoms with van der Waals surface area (Å²) < 4.78 is 1.01. The second-order valence-corrected chi connectivity index (χ2v) is 7.39. The van der Waals surface area contributed by atoms with Gasteiger partial charge in [0.2, 0.25) is 5.91 Å². The molecule has 0 saturated heterocycles. The van der Waals surface area contributed by atoms with Crippen LogP contribution in [0.4, 0.5) is 0 Å². The first-order chi connectivity index (χ1) is 10.5. The number of carbonyl (C=O) groups is 2. The number of hydrogen-bond acceptors (Lipinski definition) is 2. The second kappa shape index (κ2) is 6.03. The molecule has 0 spiro atoms. The molecule has 1 aromatic rings. The van der Waals surface area contributed by atoms with Crippen molar-refractivity contribution in [2.75, 3.05) is 0 Å². The van der Waals surface area contributed by atoms with Crippen LogP contribution in [0.25, 0.3) is 0 Å². The topological polar surface area (TPSA) is 66.4 Å². The molecular weight excluding hydrogens is 346 g/mol. The molecule has 2 aliphatic rings. The summed E-state index contributed by atoms with van der Waals surface area (Å²) in [6.45, 7) is 0. The van der Waals surface area contributed by atoms with Crippen LogP contribution in [-0.4, -0.2) is 23.0 Å². The van der Waals surface area contributed by atoms with E-state index in [-0.39, 0.29) is 17.9 Å². The Morgan fingerprint density at radius 3 is 2.27 bits per heavy atom. The molecule has 1 amide bonds. The fraction of sp³-hybridized carbons (Fsp3) is 0.529. The number of rotatable bonds is 4. The highest BCUT2D eigenvalue weighted by atomic mass is 79.9. The molecule has 2 aliphatic carbocycles. The first kappa shape index (κ1) is 15.5. The molecule has 1 aromatic carbocycles. The van der Waals surface area contributed by atoms with Crippen LogP contribution in [0.1, 0.15) is 44.1 Å². The Bertz CT molecular complexity index is 572. The number of aliphatic carboxylic acids is 1. The molecular formula is C17H20BrNO3. The van der Waals surface area contributed by atoms with Crippen molar-refractivity contribution in [3.05, 3.63) is 34.3 Å². The normalized spacial score (nSPS) is 26.2. The average molecular weight is 366 g/mol. The van der Waals surface area contributed by atoms with Gasteiger partial charge in [-0.1, -0.05) is 40.9 Å². The van der Waals surface area contributed by atoms with Gasteiger partial charge in [0.15, 0.2) is 0 Å². The van der Waals surface area contributed by atoms with Crippen molar-refractivity contribution < 1.29 is 14.7 Å². The molecule has 3 rings (SSSR count). The van der Waals surface area contributed by atoms with Gasteiger partial charge in [-0.25, -0.2) is 0 Å². The van der Waals surface area contributed by atoms with E-state index in [9.17, 15) is 9.59 Å². The Morgan fingerprint density at radius 1 is 1.14 bits per heavy atom. The van der Waals surface area contributed by atoms with Gasteiger partial charge in [0.1, 0.15) is 0 Å². The molecule has 0 atom stereocenters. The molecule has 2 fully saturated rings. The van der Waals surface area contributed by atoms with Crippen LogP contribution in [0, 0.1) is 5.92 Å². The molecule has 0 aromatic heterocycles. The Labute approximate surface area is 138 Å². The van der Waals surface area contributed by atoms with E-state index in [4.69, 9.17) is 5.11 Å². The Hall–Kier alpha value is -1.36. The van der Waals surface area contributed by atoms with E-state index in [0.717, 1.165) is 35.7 Å². The summed E-state index contributed by atoms with van der Waals surface area (Å²) in [4.78, 5) is 23.7. The molecule has 2 saturated carbocycles. The van der Waals surface area contributed by atoms with Crippen LogP contribution in [0.15, 0.2) is 28.7 Å². The minimum Gasteiger partial charge on any atom is -0.481 e. The van der Waals surface area contributed by atoms with Crippen LogP contribution in [0.5, 0.6) is 0 Å². The molecule has 0 heterocycles. The van der Waals surface area contributed by atoms with Gasteiger partial charge in [0.25, 0.3) is 0 Å². The van der Waals surface area contributed by atoms with Crippen molar-refractivity contribution in [1.82, 2.24) is 5.32 Å². The number of carbonyl (C=O) groups excluding carboxylic acids is 1. The third-order valence-corrected chi connectivity index (χ3v) is 5.64. The van der Waals surface area contributed by atoms with Crippen molar-refractivity contribution in [3.63, 3.8) is 0 Å². The zero-order chi connectivity index (χ0) is 15.7. The summed E-state index contributed by atoms with van der Waals surface area (Å²) in [5.74, 6) is -0.979. The van der Waals surface area contributed by atoms with Gasteiger partial charge in [0, 0.05) is 10.5 Å². The van der Waals surface area contributed by atoms with Crippen LogP contribution < -0.4 is 5.32 Å². The highest BCUT2D eigenvalue weighted by Crippen LogP contribution is 2.42. The molecule has 118 valence electrons. The standard InChI is InChI=1S/C17H20BrNO3/c18-13-5-3-12(4-6-13)17(7-1-2-8-17)16(22)19-14-9-11(10-14)15(20)21/h3-6,11,14H,1-2,7-10H2,(H,19,22)(H,20,21). The molecule has 0 unspecified atom stereocenters. The average Bonchev–Trinajstić information content (AvgIpc) is 2.93. The second-order valence-electron chi connectivity index (χ2n) is 6.47. The van der Waals surface area contributed by atoms with E-state index >= 15 is 0 Å². The van der Waals surface area contributed by atoms with E-state index in [1.165, 1.54) is 0 Å². The lowest BCUT2D eigenvalue weighted by atomic mass is 9.75. The van der Waals surface area contributed by atoms with Crippen LogP contribution in [0.3, 0.4) is 0 Å². The first-order valence-electron chi connectivity index (χ1n) is 7.81. The van der Waals surface area contributed by atoms with Gasteiger partial charge >= 0.3 is 5.97 Å². The van der Waals surface area contributed by atoms with Gasteiger partial charge in [-0.3, -0.25) is 9.59 Å². The maximum atomic E-state index is 12.9. The maximum Gasteiger partial charge on any atom is 0.306 e. The summed E-state index contributed by atoms with van der Waals surface area (Å²) in [6, 6.07) is 8.02. The number of halogens is 1. The zero-order valence-electron chi connectivity index (χ0n) is 12.3. The highest BCUT2D eigenvalue weighted by Gasteiger charge is 2.45. The minimum atomic E-state index is -0.756. The number of hydrogen-bond donors (Lipinski definition) is 2.